The van der Waals surface area contributed by atoms with Crippen LogP contribution in [-0.2, 0) is 9.53 Å². The predicted molar refractivity (Wildman–Crippen MR) is 153 cm³/mol. The first-order valence-corrected chi connectivity index (χ1v) is 13.9. The van der Waals surface area contributed by atoms with Gasteiger partial charge in [0.1, 0.15) is 11.5 Å². The Labute approximate surface area is 234 Å². The van der Waals surface area contributed by atoms with Crippen molar-refractivity contribution in [2.75, 3.05) is 20.8 Å². The number of carbonyl (C=O) groups is 1. The summed E-state index contributed by atoms with van der Waals surface area (Å²) in [5, 5.41) is 0. The molecule has 4 rings (SSSR count). The van der Waals surface area contributed by atoms with Gasteiger partial charge in [-0.3, -0.25) is 9.36 Å². The molecule has 0 N–H and O–H groups in total. The second-order valence-electron chi connectivity index (χ2n) is 9.30. The monoisotopic (exact) mass is 598 g/mol. The van der Waals surface area contributed by atoms with Crippen molar-refractivity contribution in [3.05, 3.63) is 88.0 Å². The van der Waals surface area contributed by atoms with Crippen molar-refractivity contribution in [2.24, 2.45) is 4.99 Å². The maximum absolute atomic E-state index is 13.9. The Hall–Kier alpha value is -3.17. The van der Waals surface area contributed by atoms with Gasteiger partial charge in [0.15, 0.2) is 4.80 Å². The van der Waals surface area contributed by atoms with E-state index in [0.29, 0.717) is 30.8 Å². The molecule has 0 unspecified atom stereocenters. The highest BCUT2D eigenvalue weighted by molar-refractivity contribution is 9.10. The first-order valence-electron chi connectivity index (χ1n) is 12.3. The minimum atomic E-state index is -0.696. The van der Waals surface area contributed by atoms with E-state index >= 15 is 0 Å². The lowest BCUT2D eigenvalue weighted by atomic mass is 9.95. The van der Waals surface area contributed by atoms with Gasteiger partial charge in [-0.25, -0.2) is 9.79 Å². The third kappa shape index (κ3) is 5.09. The van der Waals surface area contributed by atoms with Gasteiger partial charge in [-0.2, -0.15) is 0 Å². The van der Waals surface area contributed by atoms with Crippen LogP contribution in [0.2, 0.25) is 0 Å². The zero-order chi connectivity index (χ0) is 27.7. The van der Waals surface area contributed by atoms with Crippen LogP contribution in [0.25, 0.3) is 6.08 Å². The van der Waals surface area contributed by atoms with Crippen LogP contribution in [0.1, 0.15) is 61.9 Å². The number of nitrogens with zero attached hydrogens (tertiary/aromatic N) is 2. The Balaban J connectivity index is 1.97. The second kappa shape index (κ2) is 11.3. The molecule has 2 heterocycles. The topological polar surface area (TPSA) is 79.1 Å². The molecule has 0 aliphatic carbocycles. The minimum absolute atomic E-state index is 0.216. The van der Waals surface area contributed by atoms with Gasteiger partial charge in [0.25, 0.3) is 5.56 Å². The van der Waals surface area contributed by atoms with Crippen molar-refractivity contribution < 1.29 is 19.0 Å². The van der Waals surface area contributed by atoms with Gasteiger partial charge in [-0.15, -0.1) is 0 Å². The summed E-state index contributed by atoms with van der Waals surface area (Å²) in [6.07, 6.45) is 1.90. The van der Waals surface area contributed by atoms with Crippen LogP contribution in [-0.4, -0.2) is 31.4 Å². The van der Waals surface area contributed by atoms with Gasteiger partial charge >= 0.3 is 5.97 Å². The number of carbonyl (C=O) groups excluding carboxylic acids is 1. The van der Waals surface area contributed by atoms with E-state index < -0.39 is 12.0 Å². The summed E-state index contributed by atoms with van der Waals surface area (Å²) < 4.78 is 19.2. The van der Waals surface area contributed by atoms with Crippen LogP contribution in [0.4, 0.5) is 0 Å². The number of ether oxygens (including phenoxy) is 3. The molecular weight excluding hydrogens is 568 g/mol. The highest BCUT2D eigenvalue weighted by Gasteiger charge is 2.33. The first-order chi connectivity index (χ1) is 18.1. The van der Waals surface area contributed by atoms with Crippen molar-refractivity contribution in [3.8, 4) is 11.5 Å². The molecule has 1 aliphatic rings. The van der Waals surface area contributed by atoms with Gasteiger partial charge in [0, 0.05) is 0 Å². The smallest absolute Gasteiger partial charge is 0.338 e. The van der Waals surface area contributed by atoms with Crippen molar-refractivity contribution in [1.29, 1.82) is 0 Å². The van der Waals surface area contributed by atoms with Crippen molar-refractivity contribution in [2.45, 2.75) is 46.6 Å². The van der Waals surface area contributed by atoms with Gasteiger partial charge in [0.2, 0.25) is 0 Å². The molecule has 9 heteroatoms. The summed E-state index contributed by atoms with van der Waals surface area (Å²) in [6.45, 7) is 9.96. The van der Waals surface area contributed by atoms with E-state index in [4.69, 9.17) is 14.2 Å². The molecule has 0 amide bonds. The summed E-state index contributed by atoms with van der Waals surface area (Å²) in [4.78, 5) is 32.3. The Morgan fingerprint density at radius 1 is 1.16 bits per heavy atom. The van der Waals surface area contributed by atoms with E-state index in [-0.39, 0.29) is 18.1 Å². The zero-order valence-corrected chi connectivity index (χ0v) is 25.0. The summed E-state index contributed by atoms with van der Waals surface area (Å²) in [5.41, 5.74) is 4.38. The average Bonchev–Trinajstić information content (AvgIpc) is 3.18. The highest BCUT2D eigenvalue weighted by atomic mass is 79.9. The minimum Gasteiger partial charge on any atom is -0.496 e. The average molecular weight is 600 g/mol. The molecule has 0 saturated carbocycles. The third-order valence-electron chi connectivity index (χ3n) is 6.54. The molecule has 1 aliphatic heterocycles. The number of aryl methyl sites for hydroxylation is 1. The summed E-state index contributed by atoms with van der Waals surface area (Å²) in [5.74, 6) is 1.24. The first kappa shape index (κ1) is 27.9. The Bertz CT molecular complexity index is 1620. The van der Waals surface area contributed by atoms with Gasteiger partial charge in [-0.05, 0) is 95.2 Å². The van der Waals surface area contributed by atoms with E-state index in [2.05, 4.69) is 40.8 Å². The molecule has 0 radical (unpaired) electrons. The van der Waals surface area contributed by atoms with Crippen molar-refractivity contribution in [3.63, 3.8) is 0 Å². The second-order valence-corrected chi connectivity index (χ2v) is 11.2. The fourth-order valence-corrected chi connectivity index (χ4v) is 6.20. The zero-order valence-electron chi connectivity index (χ0n) is 22.5. The fraction of sp³-hybridized carbons (Fsp3) is 0.345. The molecule has 1 aromatic heterocycles. The van der Waals surface area contributed by atoms with E-state index in [1.165, 1.54) is 11.3 Å². The molecule has 7 nitrogen and oxygen atoms in total. The summed E-state index contributed by atoms with van der Waals surface area (Å²) >= 11 is 4.85. The molecule has 38 heavy (non-hydrogen) atoms. The number of hydrogen-bond donors (Lipinski definition) is 0. The Morgan fingerprint density at radius 3 is 2.47 bits per heavy atom. The highest BCUT2D eigenvalue weighted by Crippen LogP contribution is 2.35. The quantitative estimate of drug-likeness (QED) is 0.357. The van der Waals surface area contributed by atoms with Crippen LogP contribution < -0.4 is 24.4 Å². The number of benzene rings is 2. The molecule has 2 aromatic carbocycles. The van der Waals surface area contributed by atoms with E-state index in [9.17, 15) is 9.59 Å². The summed E-state index contributed by atoms with van der Waals surface area (Å²) in [7, 11) is 3.25. The van der Waals surface area contributed by atoms with Crippen molar-refractivity contribution in [1.82, 2.24) is 4.57 Å². The van der Waals surface area contributed by atoms with Gasteiger partial charge in [-0.1, -0.05) is 31.3 Å². The van der Waals surface area contributed by atoms with Crippen LogP contribution in [0.5, 0.6) is 11.5 Å². The fourth-order valence-electron chi connectivity index (χ4n) is 4.60. The Morgan fingerprint density at radius 2 is 1.87 bits per heavy atom. The number of hydrogen-bond acceptors (Lipinski definition) is 7. The van der Waals surface area contributed by atoms with E-state index in [0.717, 1.165) is 28.0 Å². The van der Waals surface area contributed by atoms with E-state index in [1.807, 2.05) is 37.3 Å². The molecule has 200 valence electrons. The molecule has 0 bridgehead atoms. The maximum atomic E-state index is 13.9. The number of allylic oxidation sites excluding steroid dienone is 1. The van der Waals surface area contributed by atoms with Gasteiger partial charge < -0.3 is 14.2 Å². The van der Waals surface area contributed by atoms with Crippen LogP contribution >= 0.6 is 27.3 Å². The number of fused-ring (bicyclic) bond motifs is 1. The number of halogens is 1. The maximum Gasteiger partial charge on any atom is 0.338 e. The lowest BCUT2D eigenvalue weighted by Crippen LogP contribution is -2.40. The number of rotatable bonds is 7. The SMILES string of the molecule is CCOC(=O)C1=C(C)N=c2s/c(=C/c3cc(C(C)C)c(OC)cc3C)c(=O)n2[C@@H]1c1ccc(OC)c(Br)c1. The van der Waals surface area contributed by atoms with Crippen LogP contribution in [0.15, 0.2) is 55.9 Å². The lowest BCUT2D eigenvalue weighted by Gasteiger charge is -2.25. The van der Waals surface area contributed by atoms with Crippen LogP contribution in [0.3, 0.4) is 0 Å². The molecular formula is C29H31BrN2O5S. The molecule has 0 saturated heterocycles. The van der Waals surface area contributed by atoms with Gasteiger partial charge in [0.05, 0.1) is 47.1 Å². The van der Waals surface area contributed by atoms with Crippen LogP contribution in [0, 0.1) is 6.92 Å². The number of thiazole rings is 1. The lowest BCUT2D eigenvalue weighted by molar-refractivity contribution is -0.139. The molecule has 1 atom stereocenters. The van der Waals surface area contributed by atoms with Crippen molar-refractivity contribution >= 4 is 39.3 Å². The normalized spacial score (nSPS) is 15.4. The largest absolute Gasteiger partial charge is 0.496 e. The Kier molecular flexibility index (Phi) is 8.28. The number of aromatic nitrogens is 1. The van der Waals surface area contributed by atoms with E-state index in [1.54, 1.807) is 32.6 Å². The molecule has 0 fully saturated rings. The molecule has 3 aromatic rings. The predicted octanol–water partition coefficient (Wildman–Crippen LogP) is 5.01. The number of methoxy groups -OCH3 is 2. The standard InChI is InChI=1S/C29H31BrN2O5S/c1-8-37-28(34)25-17(5)31-29-32(26(25)18-9-10-22(35-6)21(30)13-18)27(33)24(38-29)14-19-12-20(15(2)3)23(36-7)11-16(19)4/h9-15,26H,8H2,1-7H3/b24-14+/t26-/m1/s1. The summed E-state index contributed by atoms with van der Waals surface area (Å²) in [6, 6.07) is 8.90. The number of esters is 1. The third-order valence-corrected chi connectivity index (χ3v) is 8.14. The molecule has 0 spiro atoms.